The van der Waals surface area contributed by atoms with E-state index >= 15 is 0 Å². The zero-order valence-corrected chi connectivity index (χ0v) is 12.7. The molecule has 106 valence electrons. The summed E-state index contributed by atoms with van der Waals surface area (Å²) in [5.74, 6) is 1.06. The summed E-state index contributed by atoms with van der Waals surface area (Å²) in [7, 11) is -0.415. The van der Waals surface area contributed by atoms with Gasteiger partial charge in [-0.1, -0.05) is 26.5 Å². The maximum absolute atomic E-state index is 12.0. The van der Waals surface area contributed by atoms with Crippen LogP contribution in [0.4, 0.5) is 0 Å². The Morgan fingerprint density at radius 2 is 2.00 bits per heavy atom. The van der Waals surface area contributed by atoms with Gasteiger partial charge in [-0.25, -0.2) is 12.7 Å². The van der Waals surface area contributed by atoms with Gasteiger partial charge in [-0.2, -0.15) is 0 Å². The lowest BCUT2D eigenvalue weighted by atomic mass is 10.2. The zero-order valence-electron chi connectivity index (χ0n) is 11.9. The molecule has 1 aromatic rings. The predicted molar refractivity (Wildman–Crippen MR) is 77.7 cm³/mol. The molecule has 0 aliphatic heterocycles. The van der Waals surface area contributed by atoms with Crippen LogP contribution in [0.25, 0.3) is 6.08 Å². The molecule has 0 atom stereocenters. The lowest BCUT2D eigenvalue weighted by Crippen LogP contribution is -2.22. The Morgan fingerprint density at radius 1 is 1.37 bits per heavy atom. The number of hydrogen-bond acceptors (Lipinski definition) is 3. The Labute approximate surface area is 115 Å². The normalized spacial score (nSPS) is 11.9. The summed E-state index contributed by atoms with van der Waals surface area (Å²) in [4.78, 5) is 0.240. The monoisotopic (exact) mass is 283 g/mol. The molecule has 0 spiro atoms. The molecule has 1 aromatic carbocycles. The number of sulfonamides is 1. The molecular formula is C14H21NO3S. The number of hydrogen-bond donors (Lipinski definition) is 0. The van der Waals surface area contributed by atoms with E-state index in [-0.39, 0.29) is 4.90 Å². The molecule has 0 fully saturated rings. The van der Waals surface area contributed by atoms with Crippen LogP contribution in [0.1, 0.15) is 19.4 Å². The average Bonchev–Trinajstić information content (AvgIpc) is 2.35. The van der Waals surface area contributed by atoms with Crippen molar-refractivity contribution in [2.45, 2.75) is 18.7 Å². The Bertz CT molecular complexity index is 548. The Kier molecular flexibility index (Phi) is 5.14. The molecule has 0 heterocycles. The molecule has 0 amide bonds. The molecule has 0 unspecified atom stereocenters. The van der Waals surface area contributed by atoms with E-state index in [1.54, 1.807) is 24.3 Å². The van der Waals surface area contributed by atoms with E-state index in [1.165, 1.54) is 18.4 Å². The molecule has 0 radical (unpaired) electrons. The van der Waals surface area contributed by atoms with Crippen molar-refractivity contribution in [2.24, 2.45) is 5.92 Å². The molecule has 19 heavy (non-hydrogen) atoms. The van der Waals surface area contributed by atoms with Crippen LogP contribution < -0.4 is 4.74 Å². The second-order valence-electron chi connectivity index (χ2n) is 4.90. The summed E-state index contributed by atoms with van der Waals surface area (Å²) in [6, 6.07) is 4.81. The van der Waals surface area contributed by atoms with Crippen molar-refractivity contribution in [3.05, 3.63) is 30.3 Å². The van der Waals surface area contributed by atoms with Gasteiger partial charge in [-0.05, 0) is 24.1 Å². The van der Waals surface area contributed by atoms with E-state index in [9.17, 15) is 8.42 Å². The van der Waals surface area contributed by atoms with Crippen molar-refractivity contribution >= 4 is 16.1 Å². The largest absolute Gasteiger partial charge is 0.493 e. The Balaban J connectivity index is 3.13. The van der Waals surface area contributed by atoms with Crippen molar-refractivity contribution in [1.82, 2.24) is 4.31 Å². The van der Waals surface area contributed by atoms with Gasteiger partial charge in [-0.3, -0.25) is 0 Å². The second kappa shape index (κ2) is 6.21. The van der Waals surface area contributed by atoms with Crippen molar-refractivity contribution in [2.75, 3.05) is 20.7 Å². The van der Waals surface area contributed by atoms with Gasteiger partial charge in [-0.15, -0.1) is 0 Å². The van der Waals surface area contributed by atoms with Crippen LogP contribution in [0.3, 0.4) is 0 Å². The van der Waals surface area contributed by atoms with Gasteiger partial charge in [0.15, 0.2) is 0 Å². The van der Waals surface area contributed by atoms with E-state index in [4.69, 9.17) is 4.74 Å². The molecule has 4 nitrogen and oxygen atoms in total. The predicted octanol–water partition coefficient (Wildman–Crippen LogP) is 2.61. The molecule has 5 heteroatoms. The van der Waals surface area contributed by atoms with E-state index in [0.29, 0.717) is 23.8 Å². The maximum atomic E-state index is 12.0. The lowest BCUT2D eigenvalue weighted by molar-refractivity contribution is 0.270. The first-order valence-corrected chi connectivity index (χ1v) is 7.55. The molecule has 0 aliphatic rings. The van der Waals surface area contributed by atoms with Crippen molar-refractivity contribution in [3.8, 4) is 5.75 Å². The summed E-state index contributed by atoms with van der Waals surface area (Å²) < 4.78 is 30.9. The fourth-order valence-electron chi connectivity index (χ4n) is 1.45. The molecule has 0 aliphatic carbocycles. The number of benzene rings is 1. The van der Waals surface area contributed by atoms with Crippen LogP contribution >= 0.6 is 0 Å². The lowest BCUT2D eigenvalue weighted by Gasteiger charge is -2.15. The van der Waals surface area contributed by atoms with Gasteiger partial charge in [0, 0.05) is 19.7 Å². The highest BCUT2D eigenvalue weighted by Crippen LogP contribution is 2.25. The zero-order chi connectivity index (χ0) is 14.6. The fourth-order valence-corrected chi connectivity index (χ4v) is 2.38. The van der Waals surface area contributed by atoms with Crippen LogP contribution in [0.15, 0.2) is 29.7 Å². The summed E-state index contributed by atoms with van der Waals surface area (Å²) in [5, 5.41) is 0. The molecule has 1 rings (SSSR count). The minimum Gasteiger partial charge on any atom is -0.493 e. The molecule has 0 aromatic heterocycles. The maximum Gasteiger partial charge on any atom is 0.242 e. The summed E-state index contributed by atoms with van der Waals surface area (Å²) in [5.41, 5.74) is 0.684. The van der Waals surface area contributed by atoms with Gasteiger partial charge in [0.25, 0.3) is 0 Å². The third-order valence-corrected chi connectivity index (χ3v) is 4.36. The third kappa shape index (κ3) is 3.81. The molecule has 0 saturated carbocycles. The van der Waals surface area contributed by atoms with Gasteiger partial charge in [0.05, 0.1) is 11.5 Å². The van der Waals surface area contributed by atoms with Crippen LogP contribution in [-0.2, 0) is 10.0 Å². The molecular weight excluding hydrogens is 262 g/mol. The minimum atomic E-state index is -3.43. The highest BCUT2D eigenvalue weighted by atomic mass is 32.2. The van der Waals surface area contributed by atoms with Crippen LogP contribution in [0.2, 0.25) is 0 Å². The third-order valence-electron chi connectivity index (χ3n) is 2.55. The highest BCUT2D eigenvalue weighted by Gasteiger charge is 2.18. The van der Waals surface area contributed by atoms with E-state index in [1.807, 2.05) is 0 Å². The van der Waals surface area contributed by atoms with Gasteiger partial charge in [0.2, 0.25) is 10.0 Å². The van der Waals surface area contributed by atoms with E-state index in [2.05, 4.69) is 20.4 Å². The van der Waals surface area contributed by atoms with Crippen LogP contribution in [-0.4, -0.2) is 33.4 Å². The topological polar surface area (TPSA) is 46.6 Å². The van der Waals surface area contributed by atoms with Crippen LogP contribution in [0.5, 0.6) is 5.75 Å². The fraction of sp³-hybridized carbons (Fsp3) is 0.429. The standard InChI is InChI=1S/C14H21NO3S/c1-6-12-9-13(19(16,17)15(4)5)7-8-14(12)18-10-11(2)3/h6-9,11H,1,10H2,2-5H3. The van der Waals surface area contributed by atoms with Crippen molar-refractivity contribution in [3.63, 3.8) is 0 Å². The number of ether oxygens (including phenoxy) is 1. The molecule has 0 bridgehead atoms. The van der Waals surface area contributed by atoms with Crippen LogP contribution in [0, 0.1) is 5.92 Å². The average molecular weight is 283 g/mol. The summed E-state index contributed by atoms with van der Waals surface area (Å²) in [6.45, 7) is 8.39. The first-order valence-electron chi connectivity index (χ1n) is 6.11. The number of rotatable bonds is 6. The quantitative estimate of drug-likeness (QED) is 0.806. The van der Waals surface area contributed by atoms with Gasteiger partial charge >= 0.3 is 0 Å². The van der Waals surface area contributed by atoms with Gasteiger partial charge < -0.3 is 4.74 Å². The van der Waals surface area contributed by atoms with E-state index < -0.39 is 10.0 Å². The first kappa shape index (κ1) is 15.7. The van der Waals surface area contributed by atoms with Gasteiger partial charge in [0.1, 0.15) is 5.75 Å². The highest BCUT2D eigenvalue weighted by molar-refractivity contribution is 7.89. The summed E-state index contributed by atoms with van der Waals surface area (Å²) in [6.07, 6.45) is 1.60. The SMILES string of the molecule is C=Cc1cc(S(=O)(=O)N(C)C)ccc1OCC(C)C. The Morgan fingerprint density at radius 3 is 2.47 bits per heavy atom. The smallest absolute Gasteiger partial charge is 0.242 e. The second-order valence-corrected chi connectivity index (χ2v) is 7.05. The van der Waals surface area contributed by atoms with E-state index in [0.717, 1.165) is 0 Å². The molecule has 0 saturated heterocycles. The van der Waals surface area contributed by atoms with Crippen molar-refractivity contribution < 1.29 is 13.2 Å². The first-order chi connectivity index (χ1) is 8.78. The Hall–Kier alpha value is -1.33. The van der Waals surface area contributed by atoms with Crippen molar-refractivity contribution in [1.29, 1.82) is 0 Å². The number of nitrogens with zero attached hydrogens (tertiary/aromatic N) is 1. The summed E-state index contributed by atoms with van der Waals surface area (Å²) >= 11 is 0. The molecule has 0 N–H and O–H groups in total. The minimum absolute atomic E-state index is 0.240.